The van der Waals surface area contributed by atoms with Gasteiger partial charge in [-0.3, -0.25) is 0 Å². The Bertz CT molecular complexity index is 381. The highest BCUT2D eigenvalue weighted by Crippen LogP contribution is 2.34. The van der Waals surface area contributed by atoms with Gasteiger partial charge < -0.3 is 0 Å². The molecule has 0 aliphatic rings. The zero-order valence-electron chi connectivity index (χ0n) is 7.86. The summed E-state index contributed by atoms with van der Waals surface area (Å²) in [5.41, 5.74) is -0.966. The second kappa shape index (κ2) is 4.26. The van der Waals surface area contributed by atoms with Gasteiger partial charge in [-0.2, -0.15) is 13.2 Å². The highest BCUT2D eigenvalue weighted by molar-refractivity contribution is 8.07. The molecule has 0 bridgehead atoms. The minimum absolute atomic E-state index is 0.288. The summed E-state index contributed by atoms with van der Waals surface area (Å²) in [6.07, 6.45) is -2.97. The molecule has 1 aromatic carbocycles. The van der Waals surface area contributed by atoms with Crippen molar-refractivity contribution in [2.45, 2.75) is 6.18 Å². The van der Waals surface area contributed by atoms with Crippen molar-refractivity contribution in [3.8, 4) is 0 Å². The van der Waals surface area contributed by atoms with Crippen LogP contribution in [0.15, 0.2) is 24.8 Å². The first-order valence-corrected chi connectivity index (χ1v) is 5.18. The standard InChI is InChI=1S/C10H8F4S/c1-6(15-2)7-3-4-9(11)8(5-7)10(12,13)14/h3-5H,1H2,2H3. The molecule has 0 aromatic heterocycles. The quantitative estimate of drug-likeness (QED) is 0.694. The fourth-order valence-electron chi connectivity index (χ4n) is 1.03. The summed E-state index contributed by atoms with van der Waals surface area (Å²) in [6.45, 7) is 3.57. The number of hydrogen-bond donors (Lipinski definition) is 0. The fourth-order valence-corrected chi connectivity index (χ4v) is 1.40. The van der Waals surface area contributed by atoms with Crippen molar-refractivity contribution in [2.75, 3.05) is 6.26 Å². The second-order valence-corrected chi connectivity index (χ2v) is 3.72. The van der Waals surface area contributed by atoms with E-state index in [1.54, 1.807) is 6.26 Å². The first-order valence-electron chi connectivity index (χ1n) is 3.96. The summed E-state index contributed by atoms with van der Waals surface area (Å²) in [7, 11) is 0. The van der Waals surface area contributed by atoms with E-state index in [0.717, 1.165) is 12.1 Å². The molecule has 0 saturated heterocycles. The van der Waals surface area contributed by atoms with Crippen LogP contribution in [0.25, 0.3) is 4.91 Å². The van der Waals surface area contributed by atoms with E-state index in [1.165, 1.54) is 17.8 Å². The summed E-state index contributed by atoms with van der Waals surface area (Å²) in [6, 6.07) is 2.86. The van der Waals surface area contributed by atoms with E-state index in [9.17, 15) is 17.6 Å². The minimum atomic E-state index is -4.67. The van der Waals surface area contributed by atoms with E-state index in [4.69, 9.17) is 0 Å². The topological polar surface area (TPSA) is 0 Å². The molecule has 1 aromatic rings. The lowest BCUT2D eigenvalue weighted by molar-refractivity contribution is -0.140. The number of alkyl halides is 3. The molecule has 5 heteroatoms. The monoisotopic (exact) mass is 236 g/mol. The Morgan fingerprint density at radius 2 is 1.93 bits per heavy atom. The molecule has 0 heterocycles. The first-order chi connectivity index (χ1) is 6.86. The van der Waals surface area contributed by atoms with Gasteiger partial charge in [0.15, 0.2) is 0 Å². The Balaban J connectivity index is 3.23. The van der Waals surface area contributed by atoms with Crippen LogP contribution in [0.1, 0.15) is 11.1 Å². The summed E-state index contributed by atoms with van der Waals surface area (Å²) < 4.78 is 49.8. The van der Waals surface area contributed by atoms with Gasteiger partial charge in [0, 0.05) is 4.91 Å². The van der Waals surface area contributed by atoms with Gasteiger partial charge in [-0.15, -0.1) is 11.8 Å². The molecule has 15 heavy (non-hydrogen) atoms. The molecule has 1 rings (SSSR count). The van der Waals surface area contributed by atoms with Crippen LogP contribution in [0.2, 0.25) is 0 Å². The van der Waals surface area contributed by atoms with Crippen molar-refractivity contribution in [3.63, 3.8) is 0 Å². The fraction of sp³-hybridized carbons (Fsp3) is 0.200. The molecule has 0 fully saturated rings. The van der Waals surface area contributed by atoms with Crippen LogP contribution in [-0.2, 0) is 6.18 Å². The number of thioether (sulfide) groups is 1. The van der Waals surface area contributed by atoms with Crippen molar-refractivity contribution in [1.29, 1.82) is 0 Å². The lowest BCUT2D eigenvalue weighted by atomic mass is 10.1. The lowest BCUT2D eigenvalue weighted by Crippen LogP contribution is -2.08. The van der Waals surface area contributed by atoms with Crippen molar-refractivity contribution >= 4 is 16.7 Å². The third kappa shape index (κ3) is 2.75. The molecule has 82 valence electrons. The molecule has 0 aliphatic carbocycles. The highest BCUT2D eigenvalue weighted by atomic mass is 32.2. The smallest absolute Gasteiger partial charge is 0.206 e. The maximum atomic E-state index is 12.9. The van der Waals surface area contributed by atoms with Gasteiger partial charge in [0.2, 0.25) is 0 Å². The van der Waals surface area contributed by atoms with E-state index in [2.05, 4.69) is 6.58 Å². The van der Waals surface area contributed by atoms with E-state index >= 15 is 0 Å². The van der Waals surface area contributed by atoms with Crippen LogP contribution in [0, 0.1) is 5.82 Å². The van der Waals surface area contributed by atoms with Crippen molar-refractivity contribution in [1.82, 2.24) is 0 Å². The molecule has 0 aliphatic heterocycles. The van der Waals surface area contributed by atoms with Crippen LogP contribution in [0.3, 0.4) is 0 Å². The summed E-state index contributed by atoms with van der Waals surface area (Å²) in [5.74, 6) is -1.26. The summed E-state index contributed by atoms with van der Waals surface area (Å²) in [5, 5.41) is 0. The SMILES string of the molecule is C=C(SC)c1ccc(F)c(C(F)(F)F)c1. The van der Waals surface area contributed by atoms with Crippen LogP contribution >= 0.6 is 11.8 Å². The van der Waals surface area contributed by atoms with Gasteiger partial charge in [0.25, 0.3) is 0 Å². The van der Waals surface area contributed by atoms with Crippen molar-refractivity contribution in [3.05, 3.63) is 41.7 Å². The normalized spacial score (nSPS) is 11.5. The van der Waals surface area contributed by atoms with Gasteiger partial charge in [0.1, 0.15) is 5.82 Å². The Morgan fingerprint density at radius 1 is 1.33 bits per heavy atom. The first kappa shape index (κ1) is 12.1. The second-order valence-electron chi connectivity index (χ2n) is 2.82. The zero-order chi connectivity index (χ0) is 11.6. The molecular formula is C10H8F4S. The van der Waals surface area contributed by atoms with E-state index in [-0.39, 0.29) is 5.56 Å². The highest BCUT2D eigenvalue weighted by Gasteiger charge is 2.34. The van der Waals surface area contributed by atoms with Gasteiger partial charge in [-0.1, -0.05) is 12.6 Å². The molecule has 0 nitrogen and oxygen atoms in total. The molecule has 0 spiro atoms. The minimum Gasteiger partial charge on any atom is -0.206 e. The van der Waals surface area contributed by atoms with Crippen LogP contribution in [0.5, 0.6) is 0 Å². The Hall–Kier alpha value is -0.970. The van der Waals surface area contributed by atoms with E-state index in [1.807, 2.05) is 0 Å². The number of hydrogen-bond acceptors (Lipinski definition) is 1. The molecule has 0 saturated carbocycles. The maximum absolute atomic E-state index is 12.9. The molecular weight excluding hydrogens is 228 g/mol. The van der Waals surface area contributed by atoms with Gasteiger partial charge >= 0.3 is 6.18 Å². The largest absolute Gasteiger partial charge is 0.419 e. The number of halogens is 4. The van der Waals surface area contributed by atoms with E-state index in [0.29, 0.717) is 4.91 Å². The zero-order valence-corrected chi connectivity index (χ0v) is 8.68. The number of benzene rings is 1. The Morgan fingerprint density at radius 3 is 2.40 bits per heavy atom. The molecule has 0 radical (unpaired) electrons. The number of rotatable bonds is 2. The third-order valence-electron chi connectivity index (χ3n) is 1.84. The summed E-state index contributed by atoms with van der Waals surface area (Å²) in [4.78, 5) is 0.473. The third-order valence-corrected chi connectivity index (χ3v) is 2.57. The summed E-state index contributed by atoms with van der Waals surface area (Å²) >= 11 is 1.22. The van der Waals surface area contributed by atoms with Crippen LogP contribution < -0.4 is 0 Å². The average molecular weight is 236 g/mol. The van der Waals surface area contributed by atoms with Gasteiger partial charge in [0.05, 0.1) is 5.56 Å². The van der Waals surface area contributed by atoms with Gasteiger partial charge in [-0.05, 0) is 24.0 Å². The molecule has 0 atom stereocenters. The van der Waals surface area contributed by atoms with Crippen molar-refractivity contribution < 1.29 is 17.6 Å². The molecule has 0 amide bonds. The predicted molar refractivity (Wildman–Crippen MR) is 54.0 cm³/mol. The molecule has 0 unspecified atom stereocenters. The predicted octanol–water partition coefficient (Wildman–Crippen LogP) is 4.18. The van der Waals surface area contributed by atoms with E-state index < -0.39 is 17.6 Å². The van der Waals surface area contributed by atoms with Crippen molar-refractivity contribution in [2.24, 2.45) is 0 Å². The lowest BCUT2D eigenvalue weighted by Gasteiger charge is -2.10. The Labute approximate surface area is 89.0 Å². The average Bonchev–Trinajstić information content (AvgIpc) is 2.15. The molecule has 0 N–H and O–H groups in total. The van der Waals surface area contributed by atoms with Gasteiger partial charge in [-0.25, -0.2) is 4.39 Å². The Kier molecular flexibility index (Phi) is 3.44. The van der Waals surface area contributed by atoms with Crippen LogP contribution in [0.4, 0.5) is 17.6 Å². The van der Waals surface area contributed by atoms with Crippen LogP contribution in [-0.4, -0.2) is 6.26 Å². The maximum Gasteiger partial charge on any atom is 0.419 e.